The molecule has 1 N–H and O–H groups in total. The van der Waals surface area contributed by atoms with Gasteiger partial charge in [-0.15, -0.1) is 0 Å². The van der Waals surface area contributed by atoms with Crippen LogP contribution in [0.4, 0.5) is 19.3 Å². The van der Waals surface area contributed by atoms with E-state index in [0.29, 0.717) is 5.56 Å². The van der Waals surface area contributed by atoms with Gasteiger partial charge >= 0.3 is 6.09 Å². The van der Waals surface area contributed by atoms with Gasteiger partial charge in [0.15, 0.2) is 0 Å². The molecule has 130 valence electrons. The van der Waals surface area contributed by atoms with Crippen molar-refractivity contribution in [2.45, 2.75) is 13.0 Å². The molecule has 0 radical (unpaired) electrons. The molecule has 2 amide bonds. The van der Waals surface area contributed by atoms with Crippen LogP contribution in [0.3, 0.4) is 0 Å². The van der Waals surface area contributed by atoms with Gasteiger partial charge in [0.25, 0.3) is 0 Å². The van der Waals surface area contributed by atoms with Crippen LogP contribution in [-0.2, 0) is 9.53 Å². The van der Waals surface area contributed by atoms with Crippen LogP contribution in [0.25, 0.3) is 11.1 Å². The summed E-state index contributed by atoms with van der Waals surface area (Å²) >= 11 is 0. The number of carbonyl (C=O) groups excluding carboxylic acids is 2. The van der Waals surface area contributed by atoms with Gasteiger partial charge in [0, 0.05) is 19.3 Å². The molecule has 0 spiro atoms. The van der Waals surface area contributed by atoms with Gasteiger partial charge in [-0.05, 0) is 29.8 Å². The van der Waals surface area contributed by atoms with Crippen molar-refractivity contribution in [3.63, 3.8) is 0 Å². The first-order valence-electron chi connectivity index (χ1n) is 7.57. The van der Waals surface area contributed by atoms with E-state index in [1.807, 2.05) is 0 Å². The molecule has 1 aromatic carbocycles. The number of carbonyl (C=O) groups is 2. The Morgan fingerprint density at radius 3 is 2.56 bits per heavy atom. The molecule has 1 atom stereocenters. The lowest BCUT2D eigenvalue weighted by Crippen LogP contribution is -2.33. The van der Waals surface area contributed by atoms with E-state index < -0.39 is 23.8 Å². The zero-order chi connectivity index (χ0) is 18.0. The van der Waals surface area contributed by atoms with E-state index >= 15 is 0 Å². The Bertz CT molecular complexity index is 791. The molecule has 25 heavy (non-hydrogen) atoms. The average Bonchev–Trinajstić information content (AvgIpc) is 2.94. The highest BCUT2D eigenvalue weighted by Crippen LogP contribution is 2.31. The van der Waals surface area contributed by atoms with Crippen LogP contribution >= 0.6 is 0 Å². The lowest BCUT2D eigenvalue weighted by atomic mass is 10.0. The van der Waals surface area contributed by atoms with Crippen molar-refractivity contribution in [3.05, 3.63) is 48.3 Å². The van der Waals surface area contributed by atoms with Crippen molar-refractivity contribution < 1.29 is 23.1 Å². The standard InChI is InChI=1S/C17H15F2N3O3/c1-10(23)21-8-13-9-22(17(24)25-13)12-6-14(18)16(15(19)7-12)11-2-4-20-5-3-11/h2-7,13H,8-9H2,1H3,(H,21,23)/t13-/m1/s1. The zero-order valence-corrected chi connectivity index (χ0v) is 13.3. The van der Waals surface area contributed by atoms with E-state index in [4.69, 9.17) is 4.74 Å². The summed E-state index contributed by atoms with van der Waals surface area (Å²) in [7, 11) is 0. The fourth-order valence-electron chi connectivity index (χ4n) is 2.61. The lowest BCUT2D eigenvalue weighted by Gasteiger charge is -2.15. The molecule has 1 saturated heterocycles. The molecule has 0 saturated carbocycles. The predicted octanol–water partition coefficient (Wildman–Crippen LogP) is 2.49. The van der Waals surface area contributed by atoms with Gasteiger partial charge in [0.1, 0.15) is 17.7 Å². The Morgan fingerprint density at radius 2 is 1.96 bits per heavy atom. The van der Waals surface area contributed by atoms with Crippen molar-refractivity contribution in [2.24, 2.45) is 0 Å². The van der Waals surface area contributed by atoms with E-state index in [-0.39, 0.29) is 30.2 Å². The van der Waals surface area contributed by atoms with E-state index in [1.165, 1.54) is 31.5 Å². The highest BCUT2D eigenvalue weighted by molar-refractivity contribution is 5.90. The molecular weight excluding hydrogens is 332 g/mol. The molecule has 3 rings (SSSR count). The van der Waals surface area contributed by atoms with E-state index in [0.717, 1.165) is 17.0 Å². The number of amides is 2. The summed E-state index contributed by atoms with van der Waals surface area (Å²) in [5.74, 6) is -1.84. The smallest absolute Gasteiger partial charge is 0.414 e. The SMILES string of the molecule is CC(=O)NC[C@@H]1CN(c2cc(F)c(-c3ccncc3)c(F)c2)C(=O)O1. The third kappa shape index (κ3) is 3.57. The third-order valence-corrected chi connectivity index (χ3v) is 3.76. The maximum absolute atomic E-state index is 14.4. The predicted molar refractivity (Wildman–Crippen MR) is 85.9 cm³/mol. The van der Waals surface area contributed by atoms with E-state index in [1.54, 1.807) is 0 Å². The summed E-state index contributed by atoms with van der Waals surface area (Å²) in [5, 5.41) is 2.54. The Morgan fingerprint density at radius 1 is 1.32 bits per heavy atom. The monoisotopic (exact) mass is 347 g/mol. The lowest BCUT2D eigenvalue weighted by molar-refractivity contribution is -0.119. The van der Waals surface area contributed by atoms with Crippen LogP contribution in [-0.4, -0.2) is 36.2 Å². The first kappa shape index (κ1) is 16.8. The van der Waals surface area contributed by atoms with Crippen molar-refractivity contribution in [1.29, 1.82) is 0 Å². The normalized spacial score (nSPS) is 16.7. The first-order chi connectivity index (χ1) is 12.0. The highest BCUT2D eigenvalue weighted by Gasteiger charge is 2.33. The molecule has 6 nitrogen and oxygen atoms in total. The second-order valence-corrected chi connectivity index (χ2v) is 5.57. The first-order valence-corrected chi connectivity index (χ1v) is 7.57. The molecule has 2 heterocycles. The van der Waals surface area contributed by atoms with Crippen LogP contribution in [0.2, 0.25) is 0 Å². The van der Waals surface area contributed by atoms with Crippen molar-refractivity contribution in [1.82, 2.24) is 10.3 Å². The highest BCUT2D eigenvalue weighted by atomic mass is 19.1. The number of halogens is 2. The van der Waals surface area contributed by atoms with Crippen LogP contribution in [0.1, 0.15) is 6.92 Å². The third-order valence-electron chi connectivity index (χ3n) is 3.76. The number of anilines is 1. The van der Waals surface area contributed by atoms with Crippen LogP contribution in [0.15, 0.2) is 36.7 Å². The second kappa shape index (κ2) is 6.84. The number of benzene rings is 1. The quantitative estimate of drug-likeness (QED) is 0.922. The van der Waals surface area contributed by atoms with Crippen molar-refractivity contribution in [2.75, 3.05) is 18.0 Å². The van der Waals surface area contributed by atoms with Gasteiger partial charge in [-0.2, -0.15) is 0 Å². The maximum atomic E-state index is 14.4. The molecular formula is C17H15F2N3O3. The van der Waals surface area contributed by atoms with Crippen LogP contribution in [0.5, 0.6) is 0 Å². The second-order valence-electron chi connectivity index (χ2n) is 5.57. The van der Waals surface area contributed by atoms with Crippen LogP contribution < -0.4 is 10.2 Å². The van der Waals surface area contributed by atoms with Gasteiger partial charge in [0.2, 0.25) is 5.91 Å². The number of nitrogens with one attached hydrogen (secondary N) is 1. The largest absolute Gasteiger partial charge is 0.442 e. The number of ether oxygens (including phenoxy) is 1. The minimum Gasteiger partial charge on any atom is -0.442 e. The number of hydrogen-bond acceptors (Lipinski definition) is 4. The molecule has 1 fully saturated rings. The summed E-state index contributed by atoms with van der Waals surface area (Å²) in [6.07, 6.45) is 1.58. The Balaban J connectivity index is 1.84. The summed E-state index contributed by atoms with van der Waals surface area (Å²) in [6.45, 7) is 1.57. The fourth-order valence-corrected chi connectivity index (χ4v) is 2.61. The summed E-state index contributed by atoms with van der Waals surface area (Å²) < 4.78 is 34.0. The van der Waals surface area contributed by atoms with Gasteiger partial charge in [0.05, 0.1) is 24.3 Å². The zero-order valence-electron chi connectivity index (χ0n) is 13.3. The number of cyclic esters (lactones) is 1. The average molecular weight is 347 g/mol. The van der Waals surface area contributed by atoms with Gasteiger partial charge < -0.3 is 10.1 Å². The maximum Gasteiger partial charge on any atom is 0.414 e. The van der Waals surface area contributed by atoms with Gasteiger partial charge in [-0.1, -0.05) is 0 Å². The molecule has 0 unspecified atom stereocenters. The Kier molecular flexibility index (Phi) is 4.60. The summed E-state index contributed by atoms with van der Waals surface area (Å²) in [4.78, 5) is 27.8. The minimum atomic E-state index is -0.792. The molecule has 8 heteroatoms. The van der Waals surface area contributed by atoms with Crippen LogP contribution in [0, 0.1) is 11.6 Å². The summed E-state index contributed by atoms with van der Waals surface area (Å²) in [6, 6.07) is 5.16. The number of pyridine rings is 1. The number of aromatic nitrogens is 1. The topological polar surface area (TPSA) is 71.5 Å². The number of rotatable bonds is 4. The molecule has 2 aromatic rings. The molecule has 1 aromatic heterocycles. The molecule has 1 aliphatic rings. The Hall–Kier alpha value is -3.03. The Labute approximate surface area is 142 Å². The fraction of sp³-hybridized carbons (Fsp3) is 0.235. The van der Waals surface area contributed by atoms with E-state index in [2.05, 4.69) is 10.3 Å². The van der Waals surface area contributed by atoms with Gasteiger partial charge in [-0.25, -0.2) is 13.6 Å². The number of hydrogen-bond donors (Lipinski definition) is 1. The number of nitrogens with zero attached hydrogens (tertiary/aromatic N) is 2. The molecule has 0 bridgehead atoms. The van der Waals surface area contributed by atoms with Crippen molar-refractivity contribution >= 4 is 17.7 Å². The molecule has 1 aliphatic heterocycles. The van der Waals surface area contributed by atoms with E-state index in [9.17, 15) is 18.4 Å². The summed E-state index contributed by atoms with van der Waals surface area (Å²) in [5.41, 5.74) is 0.223. The molecule has 0 aliphatic carbocycles. The minimum absolute atomic E-state index is 0.0585. The van der Waals surface area contributed by atoms with Crippen molar-refractivity contribution in [3.8, 4) is 11.1 Å². The van der Waals surface area contributed by atoms with Gasteiger partial charge in [-0.3, -0.25) is 14.7 Å².